The first kappa shape index (κ1) is 18.2. The van der Waals surface area contributed by atoms with E-state index < -0.39 is 10.0 Å². The highest BCUT2D eigenvalue weighted by atomic mass is 35.5. The van der Waals surface area contributed by atoms with Crippen LogP contribution in [-0.4, -0.2) is 21.1 Å². The Morgan fingerprint density at radius 1 is 1.28 bits per heavy atom. The maximum Gasteiger partial charge on any atom is 0.265 e. The van der Waals surface area contributed by atoms with Gasteiger partial charge in [-0.2, -0.15) is 0 Å². The summed E-state index contributed by atoms with van der Waals surface area (Å²) in [6.07, 6.45) is 0.785. The smallest absolute Gasteiger partial charge is 0.265 e. The van der Waals surface area contributed by atoms with Crippen LogP contribution in [0.4, 0.5) is 5.69 Å². The van der Waals surface area contributed by atoms with E-state index in [9.17, 15) is 8.42 Å². The van der Waals surface area contributed by atoms with Gasteiger partial charge in [0, 0.05) is 18.1 Å². The second-order valence-corrected chi connectivity index (χ2v) is 8.11. The Morgan fingerprint density at radius 3 is 2.60 bits per heavy atom. The minimum atomic E-state index is -4.00. The number of fused-ring (bicyclic) bond motifs is 1. The van der Waals surface area contributed by atoms with E-state index in [4.69, 9.17) is 32.7 Å². The monoisotopic (exact) mass is 401 g/mol. The fourth-order valence-corrected chi connectivity index (χ4v) is 4.94. The molecule has 0 fully saturated rings. The Balaban J connectivity index is 2.04. The first-order valence-electron chi connectivity index (χ1n) is 7.75. The zero-order valence-corrected chi connectivity index (χ0v) is 16.0. The molecule has 0 spiro atoms. The van der Waals surface area contributed by atoms with Crippen molar-refractivity contribution >= 4 is 38.9 Å². The van der Waals surface area contributed by atoms with E-state index in [1.807, 2.05) is 13.8 Å². The molecule has 8 heteroatoms. The molecule has 1 aliphatic heterocycles. The molecule has 2 aromatic carbocycles. The number of nitrogens with one attached hydrogen (secondary N) is 1. The molecule has 3 rings (SSSR count). The van der Waals surface area contributed by atoms with Gasteiger partial charge < -0.3 is 9.47 Å². The van der Waals surface area contributed by atoms with Crippen molar-refractivity contribution in [3.05, 3.63) is 45.9 Å². The molecule has 0 saturated carbocycles. The van der Waals surface area contributed by atoms with E-state index >= 15 is 0 Å². The topological polar surface area (TPSA) is 64.6 Å². The molecule has 0 unspecified atom stereocenters. The molecule has 1 N–H and O–H groups in total. The summed E-state index contributed by atoms with van der Waals surface area (Å²) in [5.41, 5.74) is 1.26. The van der Waals surface area contributed by atoms with Gasteiger partial charge in [-0.3, -0.25) is 4.72 Å². The summed E-state index contributed by atoms with van der Waals surface area (Å²) >= 11 is 12.1. The van der Waals surface area contributed by atoms with Crippen molar-refractivity contribution in [1.82, 2.24) is 0 Å². The van der Waals surface area contributed by atoms with Crippen LogP contribution in [0.5, 0.6) is 11.5 Å². The lowest BCUT2D eigenvalue weighted by Gasteiger charge is -2.15. The van der Waals surface area contributed by atoms with Crippen molar-refractivity contribution in [2.24, 2.45) is 0 Å². The minimum Gasteiger partial charge on any atom is -0.492 e. The summed E-state index contributed by atoms with van der Waals surface area (Å²) in [5, 5.41) is 0.0907. The van der Waals surface area contributed by atoms with Crippen molar-refractivity contribution in [3.8, 4) is 11.5 Å². The molecule has 0 aliphatic carbocycles. The number of rotatable bonds is 5. The van der Waals surface area contributed by atoms with Gasteiger partial charge in [0.2, 0.25) is 0 Å². The quantitative estimate of drug-likeness (QED) is 0.799. The molecule has 0 radical (unpaired) electrons. The molecule has 0 saturated heterocycles. The van der Waals surface area contributed by atoms with Crippen LogP contribution in [-0.2, 0) is 16.4 Å². The van der Waals surface area contributed by atoms with Gasteiger partial charge >= 0.3 is 0 Å². The Morgan fingerprint density at radius 2 is 1.96 bits per heavy atom. The summed E-state index contributed by atoms with van der Waals surface area (Å²) in [5.74, 6) is 1.07. The van der Waals surface area contributed by atoms with E-state index in [0.717, 1.165) is 12.0 Å². The average Bonchev–Trinajstić information content (AvgIpc) is 2.86. The summed E-state index contributed by atoms with van der Waals surface area (Å²) in [4.78, 5) is -0.171. The summed E-state index contributed by atoms with van der Waals surface area (Å²) in [6, 6.07) is 7.96. The second kappa shape index (κ2) is 6.94. The molecule has 0 bridgehead atoms. The van der Waals surface area contributed by atoms with Crippen LogP contribution in [0.15, 0.2) is 35.2 Å². The van der Waals surface area contributed by atoms with Gasteiger partial charge in [-0.05, 0) is 32.0 Å². The van der Waals surface area contributed by atoms with Crippen LogP contribution in [0.3, 0.4) is 0 Å². The zero-order chi connectivity index (χ0) is 18.2. The van der Waals surface area contributed by atoms with Gasteiger partial charge in [0.05, 0.1) is 22.3 Å². The lowest BCUT2D eigenvalue weighted by molar-refractivity contribution is 0.254. The fourth-order valence-electron chi connectivity index (χ4n) is 2.73. The van der Waals surface area contributed by atoms with Gasteiger partial charge in [0.25, 0.3) is 10.0 Å². The van der Waals surface area contributed by atoms with E-state index in [2.05, 4.69) is 4.72 Å². The highest BCUT2D eigenvalue weighted by molar-refractivity contribution is 7.93. The number of sulfonamides is 1. The Bertz CT molecular complexity index is 895. The molecule has 1 atom stereocenters. The summed E-state index contributed by atoms with van der Waals surface area (Å²) < 4.78 is 39.4. The second-order valence-electron chi connectivity index (χ2n) is 5.68. The lowest BCUT2D eigenvalue weighted by Crippen LogP contribution is -2.15. The number of anilines is 1. The number of benzene rings is 2. The molecule has 5 nitrogen and oxygen atoms in total. The molecule has 25 heavy (non-hydrogen) atoms. The normalized spacial score (nSPS) is 16.2. The van der Waals surface area contributed by atoms with Crippen LogP contribution in [0.2, 0.25) is 10.0 Å². The zero-order valence-electron chi connectivity index (χ0n) is 13.7. The predicted octanol–water partition coefficient (Wildman–Crippen LogP) is 4.52. The first-order valence-corrected chi connectivity index (χ1v) is 9.99. The third-order valence-electron chi connectivity index (χ3n) is 3.73. The van der Waals surface area contributed by atoms with Crippen molar-refractivity contribution in [2.75, 3.05) is 11.3 Å². The molecular formula is C17H17Cl2NO4S. The van der Waals surface area contributed by atoms with Crippen LogP contribution >= 0.6 is 23.2 Å². The third-order valence-corrected chi connectivity index (χ3v) is 6.05. The molecule has 0 aromatic heterocycles. The number of hydrogen-bond donors (Lipinski definition) is 1. The summed E-state index contributed by atoms with van der Waals surface area (Å²) in [6.45, 7) is 4.18. The SMILES string of the molecule is CCOc1cc2c(cc1NS(=O)(=O)c1c(Cl)cccc1Cl)O[C@@H](C)C2. The van der Waals surface area contributed by atoms with Crippen LogP contribution in [0, 0.1) is 0 Å². The fraction of sp³-hybridized carbons (Fsp3) is 0.294. The standard InChI is InChI=1S/C17H17Cl2NO4S/c1-3-23-16-8-11-7-10(2)24-15(11)9-14(16)20-25(21,22)17-12(18)5-4-6-13(17)19/h4-6,8-10,20H,3,7H2,1-2H3/t10-/m0/s1. The van der Waals surface area contributed by atoms with Crippen molar-refractivity contribution in [3.63, 3.8) is 0 Å². The van der Waals surface area contributed by atoms with Crippen LogP contribution < -0.4 is 14.2 Å². The first-order chi connectivity index (χ1) is 11.8. The molecule has 134 valence electrons. The minimum absolute atomic E-state index is 0.0364. The molecule has 1 aliphatic rings. The van der Waals surface area contributed by atoms with Crippen molar-refractivity contribution in [2.45, 2.75) is 31.3 Å². The van der Waals surface area contributed by atoms with Crippen molar-refractivity contribution < 1.29 is 17.9 Å². The number of ether oxygens (including phenoxy) is 2. The molecule has 2 aromatic rings. The Kier molecular flexibility index (Phi) is 5.04. The lowest BCUT2D eigenvalue weighted by atomic mass is 10.1. The summed E-state index contributed by atoms with van der Waals surface area (Å²) in [7, 11) is -4.00. The van der Waals surface area contributed by atoms with Gasteiger partial charge in [0.1, 0.15) is 22.5 Å². The largest absolute Gasteiger partial charge is 0.492 e. The van der Waals surface area contributed by atoms with Gasteiger partial charge in [-0.1, -0.05) is 29.3 Å². The average molecular weight is 402 g/mol. The highest BCUT2D eigenvalue weighted by Gasteiger charge is 2.26. The van der Waals surface area contributed by atoms with Crippen LogP contribution in [0.1, 0.15) is 19.4 Å². The molecule has 1 heterocycles. The number of halogens is 2. The Labute approximate surface area is 156 Å². The van der Waals surface area contributed by atoms with E-state index in [1.54, 1.807) is 18.2 Å². The molecule has 0 amide bonds. The van der Waals surface area contributed by atoms with Gasteiger partial charge in [-0.25, -0.2) is 8.42 Å². The highest BCUT2D eigenvalue weighted by Crippen LogP contribution is 2.40. The van der Waals surface area contributed by atoms with E-state index in [0.29, 0.717) is 18.1 Å². The Hall–Kier alpha value is -1.63. The predicted molar refractivity (Wildman–Crippen MR) is 98.7 cm³/mol. The maximum atomic E-state index is 12.8. The van der Waals surface area contributed by atoms with E-state index in [1.165, 1.54) is 12.1 Å². The number of hydrogen-bond acceptors (Lipinski definition) is 4. The maximum absolute atomic E-state index is 12.8. The third kappa shape index (κ3) is 3.66. The van der Waals surface area contributed by atoms with Gasteiger partial charge in [-0.15, -0.1) is 0 Å². The van der Waals surface area contributed by atoms with E-state index in [-0.39, 0.29) is 26.7 Å². The van der Waals surface area contributed by atoms with Crippen molar-refractivity contribution in [1.29, 1.82) is 0 Å². The van der Waals surface area contributed by atoms with Crippen LogP contribution in [0.25, 0.3) is 0 Å². The molecular weight excluding hydrogens is 385 g/mol. The van der Waals surface area contributed by atoms with Gasteiger partial charge in [0.15, 0.2) is 0 Å².